The molecule has 0 fully saturated rings. The van der Waals surface area contributed by atoms with Crippen LogP contribution in [0.2, 0.25) is 5.02 Å². The van der Waals surface area contributed by atoms with E-state index in [0.29, 0.717) is 27.6 Å². The number of ether oxygens (including phenoxy) is 2. The number of amides is 2. The van der Waals surface area contributed by atoms with E-state index in [4.69, 9.17) is 25.5 Å². The number of carbonyl (C=O) groups excluding carboxylic acids is 2. The van der Waals surface area contributed by atoms with Crippen molar-refractivity contribution in [2.75, 3.05) is 24.9 Å². The molecule has 0 saturated carbocycles. The van der Waals surface area contributed by atoms with E-state index in [2.05, 4.69) is 20.6 Å². The molecule has 0 aliphatic rings. The lowest BCUT2D eigenvalue weighted by atomic mass is 9.95. The van der Waals surface area contributed by atoms with Crippen LogP contribution < -0.4 is 20.1 Å². The number of methoxy groups -OCH3 is 2. The molecular formula is C42H44ClN5O9S. The van der Waals surface area contributed by atoms with Gasteiger partial charge in [0.25, 0.3) is 10.0 Å². The Morgan fingerprint density at radius 2 is 1.52 bits per heavy atom. The van der Waals surface area contributed by atoms with Crippen LogP contribution in [-0.4, -0.2) is 59.5 Å². The fraction of sp³-hybridized carbons (Fsp3) is 0.310. The molecule has 0 atom stereocenters. The number of anilines is 2. The van der Waals surface area contributed by atoms with Gasteiger partial charge >= 0.3 is 5.97 Å². The van der Waals surface area contributed by atoms with Gasteiger partial charge in [-0.25, -0.2) is 22.2 Å². The summed E-state index contributed by atoms with van der Waals surface area (Å²) in [6.45, 7) is 12.4. The summed E-state index contributed by atoms with van der Waals surface area (Å²) in [5.74, 6) is -1.07. The maximum absolute atomic E-state index is 14.2. The van der Waals surface area contributed by atoms with E-state index in [0.717, 1.165) is 9.54 Å². The number of halogens is 1. The van der Waals surface area contributed by atoms with Gasteiger partial charge < -0.3 is 24.3 Å². The van der Waals surface area contributed by atoms with Gasteiger partial charge in [0, 0.05) is 56.8 Å². The number of nitrogens with zero attached hydrogens (tertiary/aromatic N) is 3. The number of aryl methyl sites for hydroxylation is 1. The first-order valence-electron chi connectivity index (χ1n) is 18.2. The molecule has 0 saturated heterocycles. The number of fused-ring (bicyclic) bond motifs is 2. The third-order valence-electron chi connectivity index (χ3n) is 9.46. The van der Waals surface area contributed by atoms with E-state index in [-0.39, 0.29) is 74.5 Å². The van der Waals surface area contributed by atoms with Crippen molar-refractivity contribution in [3.8, 4) is 11.5 Å². The summed E-state index contributed by atoms with van der Waals surface area (Å²) in [5, 5.41) is 17.4. The molecule has 0 radical (unpaired) electrons. The minimum absolute atomic E-state index is 0.00818. The number of carbonyl (C=O) groups is 3. The topological polar surface area (TPSA) is 192 Å². The highest BCUT2D eigenvalue weighted by molar-refractivity contribution is 7.90. The number of carboxylic acid groups (broad SMARTS) is 1. The molecule has 6 aromatic rings. The second-order valence-corrected chi connectivity index (χ2v) is 18.2. The molecule has 0 bridgehead atoms. The Morgan fingerprint density at radius 3 is 2.12 bits per heavy atom. The first kappa shape index (κ1) is 41.7. The van der Waals surface area contributed by atoms with E-state index in [1.807, 2.05) is 6.92 Å². The lowest BCUT2D eigenvalue weighted by Gasteiger charge is -2.20. The normalized spacial score (nSPS) is 12.2. The van der Waals surface area contributed by atoms with Gasteiger partial charge in [0.1, 0.15) is 17.3 Å². The summed E-state index contributed by atoms with van der Waals surface area (Å²) in [6, 6.07) is 14.1. The van der Waals surface area contributed by atoms with Crippen LogP contribution in [0.5, 0.6) is 11.5 Å². The molecule has 304 valence electrons. The molecule has 0 aliphatic carbocycles. The number of carboxylic acids is 1. The molecule has 0 unspecified atom stereocenters. The number of nitrogens with one attached hydrogen (secondary N) is 2. The third-order valence-corrected chi connectivity index (χ3v) is 11.4. The number of hydrogen-bond donors (Lipinski definition) is 3. The Morgan fingerprint density at radius 1 is 0.862 bits per heavy atom. The Bertz CT molecular complexity index is 2720. The Hall–Kier alpha value is -5.93. The zero-order valence-corrected chi connectivity index (χ0v) is 35.1. The maximum Gasteiger partial charge on any atom is 0.353 e. The fourth-order valence-corrected chi connectivity index (χ4v) is 7.98. The van der Waals surface area contributed by atoms with Gasteiger partial charge in [-0.2, -0.15) is 4.98 Å². The van der Waals surface area contributed by atoms with Crippen LogP contribution in [0.25, 0.3) is 21.9 Å². The van der Waals surface area contributed by atoms with Crippen molar-refractivity contribution in [2.45, 2.75) is 66.2 Å². The molecule has 0 aliphatic heterocycles. The average molecular weight is 830 g/mol. The number of aromatic nitrogens is 3. The molecule has 3 aromatic heterocycles. The number of aromatic carboxylic acids is 1. The minimum atomic E-state index is -4.41. The van der Waals surface area contributed by atoms with Crippen molar-refractivity contribution in [1.29, 1.82) is 0 Å². The third kappa shape index (κ3) is 8.09. The largest absolute Gasteiger partial charge is 0.493 e. The van der Waals surface area contributed by atoms with Crippen LogP contribution >= 0.6 is 11.6 Å². The van der Waals surface area contributed by atoms with E-state index >= 15 is 0 Å². The van der Waals surface area contributed by atoms with Gasteiger partial charge in [-0.1, -0.05) is 70.8 Å². The first-order valence-corrected chi connectivity index (χ1v) is 20.0. The highest BCUT2D eigenvalue weighted by Gasteiger charge is 2.32. The molecule has 3 aromatic carbocycles. The van der Waals surface area contributed by atoms with Crippen molar-refractivity contribution in [1.82, 2.24) is 13.9 Å². The van der Waals surface area contributed by atoms with E-state index in [1.165, 1.54) is 50.7 Å². The predicted molar refractivity (Wildman–Crippen MR) is 221 cm³/mol. The van der Waals surface area contributed by atoms with E-state index in [9.17, 15) is 27.9 Å². The second-order valence-electron chi connectivity index (χ2n) is 15.9. The van der Waals surface area contributed by atoms with Gasteiger partial charge in [0.15, 0.2) is 11.3 Å². The maximum atomic E-state index is 14.2. The molecule has 14 nitrogen and oxygen atoms in total. The molecule has 6 rings (SSSR count). The summed E-state index contributed by atoms with van der Waals surface area (Å²) < 4.78 is 47.0. The van der Waals surface area contributed by atoms with Gasteiger partial charge in [0.2, 0.25) is 23.5 Å². The van der Waals surface area contributed by atoms with Gasteiger partial charge in [-0.05, 0) is 55.0 Å². The predicted octanol–water partition coefficient (Wildman–Crippen LogP) is 8.24. The second kappa shape index (κ2) is 15.4. The monoisotopic (exact) mass is 829 g/mol. The van der Waals surface area contributed by atoms with Crippen molar-refractivity contribution >= 4 is 73.0 Å². The van der Waals surface area contributed by atoms with E-state index < -0.39 is 32.5 Å². The quantitative estimate of drug-likeness (QED) is 0.114. The number of rotatable bonds is 11. The van der Waals surface area contributed by atoms with Gasteiger partial charge in [-0.15, -0.1) is 0 Å². The zero-order valence-electron chi connectivity index (χ0n) is 33.5. The molecule has 3 heterocycles. The highest BCUT2D eigenvalue weighted by atomic mass is 35.5. The lowest BCUT2D eigenvalue weighted by Crippen LogP contribution is -2.30. The highest BCUT2D eigenvalue weighted by Crippen LogP contribution is 2.42. The number of hydrogen-bond acceptors (Lipinski definition) is 10. The van der Waals surface area contributed by atoms with Crippen molar-refractivity contribution in [3.63, 3.8) is 0 Å². The molecule has 3 N–H and O–H groups in total. The summed E-state index contributed by atoms with van der Waals surface area (Å²) in [5.41, 5.74) is 0.521. The SMILES string of the molecule is COc1cc(Cc2cnc(NC(=O)C(C)(C)C)nc2NC(=O)C(C)(C)C)c2cc(Cc3c(C(=O)O)n(S(=O)(=O)c4ccc(C)cc4)c4ccc(Cl)cc34)oc2c1OC. The van der Waals surface area contributed by atoms with Crippen molar-refractivity contribution in [3.05, 3.63) is 99.5 Å². The minimum Gasteiger partial charge on any atom is -0.493 e. The summed E-state index contributed by atoms with van der Waals surface area (Å²) in [7, 11) is -1.49. The first-order chi connectivity index (χ1) is 27.1. The fourth-order valence-electron chi connectivity index (χ4n) is 6.27. The summed E-state index contributed by atoms with van der Waals surface area (Å²) >= 11 is 6.42. The Kier molecular flexibility index (Phi) is 11.1. The van der Waals surface area contributed by atoms with Crippen LogP contribution in [0.4, 0.5) is 11.8 Å². The lowest BCUT2D eigenvalue weighted by molar-refractivity contribution is -0.123. The van der Waals surface area contributed by atoms with E-state index in [1.54, 1.807) is 65.8 Å². The summed E-state index contributed by atoms with van der Waals surface area (Å²) in [6.07, 6.45) is 1.49. The number of furan rings is 1. The Balaban J connectivity index is 1.51. The molecular weight excluding hydrogens is 786 g/mol. The zero-order chi connectivity index (χ0) is 42.5. The van der Waals surface area contributed by atoms with Crippen LogP contribution in [0.1, 0.15) is 80.0 Å². The standard InChI is InChI=1S/C42H44ClN5O9S/c1-22-10-13-27(14-11-22)58(53,54)48-31-15-12-25(43)18-29(31)30(33(48)37(49)50)20-26-19-28-23(17-32(55-8)35(56-9)34(28)57-26)16-24-21-44-40(47-39(52)42(5,6)7)46-36(24)45-38(51)41(2,3)4/h10-15,17-19,21H,16,20H2,1-9H3,(H,49,50)(H2,44,45,46,47,51,52). The molecule has 16 heteroatoms. The number of benzene rings is 3. The Labute approximate surface area is 340 Å². The smallest absolute Gasteiger partial charge is 0.353 e. The van der Waals surface area contributed by atoms with Crippen LogP contribution in [-0.2, 0) is 32.5 Å². The molecule has 2 amide bonds. The van der Waals surface area contributed by atoms with Crippen LogP contribution in [0.3, 0.4) is 0 Å². The van der Waals surface area contributed by atoms with Crippen LogP contribution in [0, 0.1) is 17.8 Å². The van der Waals surface area contributed by atoms with Crippen molar-refractivity contribution < 1.29 is 41.8 Å². The van der Waals surface area contributed by atoms with Crippen LogP contribution in [0.15, 0.2) is 70.1 Å². The molecule has 58 heavy (non-hydrogen) atoms. The van der Waals surface area contributed by atoms with Gasteiger partial charge in [-0.3, -0.25) is 14.9 Å². The van der Waals surface area contributed by atoms with Crippen molar-refractivity contribution in [2.24, 2.45) is 10.8 Å². The average Bonchev–Trinajstić information content (AvgIpc) is 3.71. The molecule has 0 spiro atoms. The van der Waals surface area contributed by atoms with Gasteiger partial charge in [0.05, 0.1) is 24.6 Å². The summed E-state index contributed by atoms with van der Waals surface area (Å²) in [4.78, 5) is 48.0.